The van der Waals surface area contributed by atoms with Gasteiger partial charge >= 0.3 is 5.97 Å². The van der Waals surface area contributed by atoms with Crippen LogP contribution in [0.25, 0.3) is 0 Å². The van der Waals surface area contributed by atoms with Gasteiger partial charge in [0.1, 0.15) is 54.2 Å². The van der Waals surface area contributed by atoms with E-state index in [1.165, 1.54) is 13.8 Å². The summed E-state index contributed by atoms with van der Waals surface area (Å²) in [4.78, 5) is 24.3. The smallest absolute Gasteiger partial charge is 0.316 e. The minimum absolute atomic E-state index is 0.105. The van der Waals surface area contributed by atoms with Crippen molar-refractivity contribution >= 4 is 11.8 Å². The first-order chi connectivity index (χ1) is 21.2. The number of ether oxygens (including phenoxy) is 2. The van der Waals surface area contributed by atoms with Crippen LogP contribution in [0, 0.1) is 5.92 Å². The SMILES string of the molecule is CCCCCCCC(O)C(C(=O)O)C(=O)CC(O)CCCCCCCC1(C2O[C@H](C)[C@@H](O)[C@H](O)[C@@H]2O)O[C@H](C)[C@@H](O)[C@H](O)[C@@H]1O. The number of Topliss-reactive ketones (excluding diaryl/α,β-unsaturated/α-hetero) is 1. The summed E-state index contributed by atoms with van der Waals surface area (Å²) in [5, 5.41) is 93.5. The van der Waals surface area contributed by atoms with Crippen LogP contribution >= 0.6 is 0 Å². The fourth-order valence-corrected chi connectivity index (χ4v) is 6.69. The van der Waals surface area contributed by atoms with Gasteiger partial charge in [0.05, 0.1) is 24.4 Å². The summed E-state index contributed by atoms with van der Waals surface area (Å²) in [7, 11) is 0. The number of carboxylic acids is 1. The zero-order valence-electron chi connectivity index (χ0n) is 27.0. The van der Waals surface area contributed by atoms with Gasteiger partial charge in [-0.3, -0.25) is 9.59 Å². The molecule has 0 bridgehead atoms. The molecule has 5 unspecified atom stereocenters. The van der Waals surface area contributed by atoms with Crippen LogP contribution in [0.2, 0.25) is 0 Å². The van der Waals surface area contributed by atoms with Gasteiger partial charge in [-0.15, -0.1) is 0 Å². The Morgan fingerprint density at radius 2 is 1.27 bits per heavy atom. The number of ketones is 1. The van der Waals surface area contributed by atoms with Crippen molar-refractivity contribution in [3.63, 3.8) is 0 Å². The molecule has 2 aliphatic heterocycles. The molecule has 264 valence electrons. The second-order valence-electron chi connectivity index (χ2n) is 13.2. The average Bonchev–Trinajstić information content (AvgIpc) is 2.98. The summed E-state index contributed by atoms with van der Waals surface area (Å²) < 4.78 is 11.8. The van der Waals surface area contributed by atoms with Crippen molar-refractivity contribution in [2.24, 2.45) is 5.92 Å². The lowest BCUT2D eigenvalue weighted by Gasteiger charge is -2.55. The molecular weight excluding hydrogens is 592 g/mol. The molecule has 13 heteroatoms. The van der Waals surface area contributed by atoms with E-state index in [1.54, 1.807) is 0 Å². The highest BCUT2D eigenvalue weighted by Gasteiger charge is 2.61. The number of hydrogen-bond acceptors (Lipinski definition) is 12. The maximum Gasteiger partial charge on any atom is 0.316 e. The van der Waals surface area contributed by atoms with Crippen molar-refractivity contribution in [1.82, 2.24) is 0 Å². The van der Waals surface area contributed by atoms with Gasteiger partial charge in [-0.25, -0.2) is 0 Å². The van der Waals surface area contributed by atoms with Gasteiger partial charge < -0.3 is 55.4 Å². The van der Waals surface area contributed by atoms with Crippen LogP contribution in [0.3, 0.4) is 0 Å². The van der Waals surface area contributed by atoms with E-state index in [0.29, 0.717) is 38.5 Å². The molecule has 0 saturated carbocycles. The Morgan fingerprint density at radius 1 is 0.711 bits per heavy atom. The Kier molecular flexibility index (Phi) is 16.8. The summed E-state index contributed by atoms with van der Waals surface area (Å²) in [5.41, 5.74) is -1.68. The summed E-state index contributed by atoms with van der Waals surface area (Å²) >= 11 is 0. The molecule has 9 N–H and O–H groups in total. The summed E-state index contributed by atoms with van der Waals surface area (Å²) in [6.07, 6.45) is -6.81. The second-order valence-corrected chi connectivity index (χ2v) is 13.2. The molecule has 13 atom stereocenters. The predicted molar refractivity (Wildman–Crippen MR) is 162 cm³/mol. The molecule has 0 aromatic carbocycles. The van der Waals surface area contributed by atoms with Gasteiger partial charge in [0.25, 0.3) is 0 Å². The van der Waals surface area contributed by atoms with Gasteiger partial charge in [-0.05, 0) is 33.1 Å². The highest BCUT2D eigenvalue weighted by atomic mass is 16.6. The lowest BCUT2D eigenvalue weighted by molar-refractivity contribution is -0.336. The molecule has 2 rings (SSSR count). The maximum absolute atomic E-state index is 12.6. The molecule has 0 aromatic rings. The number of aliphatic carboxylic acids is 1. The van der Waals surface area contributed by atoms with Crippen LogP contribution in [0.4, 0.5) is 0 Å². The van der Waals surface area contributed by atoms with Crippen LogP contribution in [0.1, 0.15) is 111 Å². The number of aliphatic hydroxyl groups is 8. The number of carbonyl (C=O) groups excluding carboxylic acids is 1. The van der Waals surface area contributed by atoms with Crippen molar-refractivity contribution in [2.45, 2.75) is 183 Å². The van der Waals surface area contributed by atoms with Crippen molar-refractivity contribution in [3.8, 4) is 0 Å². The largest absolute Gasteiger partial charge is 0.481 e. The van der Waals surface area contributed by atoms with Crippen molar-refractivity contribution < 1.29 is 65.0 Å². The predicted octanol–water partition coefficient (Wildman–Crippen LogP) is 0.570. The first-order valence-electron chi connectivity index (χ1n) is 16.7. The Balaban J connectivity index is 1.85. The summed E-state index contributed by atoms with van der Waals surface area (Å²) in [6.45, 7) is 5.10. The third kappa shape index (κ3) is 10.6. The van der Waals surface area contributed by atoms with Crippen LogP contribution in [0.15, 0.2) is 0 Å². The second kappa shape index (κ2) is 18.9. The molecule has 13 nitrogen and oxygen atoms in total. The standard InChI is InChI=1S/C32H58O13/c1-4-5-6-8-12-15-21(34)23(31(42)43)22(35)17-20(33)14-11-9-7-10-13-16-32(29(41)27(39)25(37)19(3)45-32)30-28(40)26(38)24(36)18(2)44-30/h18-21,23-30,33-34,36-41H,4-17H2,1-3H3,(H,42,43)/t18-,19-,20?,21?,23?,24-,25-,26+,27+,28+,29+,30?,32?/m1/s1. The lowest BCUT2D eigenvalue weighted by Crippen LogP contribution is -2.73. The average molecular weight is 651 g/mol. The molecule has 2 heterocycles. The normalized spacial score (nSPS) is 35.9. The topological polar surface area (TPSA) is 235 Å². The van der Waals surface area contributed by atoms with Crippen LogP contribution in [-0.4, -0.2) is 130 Å². The Hall–Kier alpha value is -1.26. The summed E-state index contributed by atoms with van der Waals surface area (Å²) in [5.74, 6) is -3.63. The Bertz CT molecular complexity index is 889. The molecule has 0 spiro atoms. The Labute approximate surface area is 266 Å². The zero-order valence-corrected chi connectivity index (χ0v) is 27.0. The number of carboxylic acid groups (broad SMARTS) is 1. The number of rotatable bonds is 20. The van der Waals surface area contributed by atoms with Gasteiger partial charge in [0.2, 0.25) is 0 Å². The molecule has 2 aliphatic rings. The Morgan fingerprint density at radius 3 is 1.89 bits per heavy atom. The maximum atomic E-state index is 12.6. The van der Waals surface area contributed by atoms with Crippen molar-refractivity contribution in [3.05, 3.63) is 0 Å². The van der Waals surface area contributed by atoms with Gasteiger partial charge in [0, 0.05) is 6.42 Å². The van der Waals surface area contributed by atoms with E-state index >= 15 is 0 Å². The first kappa shape index (κ1) is 39.9. The minimum atomic E-state index is -1.68. The number of carbonyl (C=O) groups is 2. The molecule has 2 fully saturated rings. The van der Waals surface area contributed by atoms with Gasteiger partial charge in [-0.2, -0.15) is 0 Å². The number of hydrogen-bond donors (Lipinski definition) is 9. The number of unbranched alkanes of at least 4 members (excludes halogenated alkanes) is 8. The minimum Gasteiger partial charge on any atom is -0.481 e. The van der Waals surface area contributed by atoms with E-state index in [4.69, 9.17) is 9.47 Å². The zero-order chi connectivity index (χ0) is 33.9. The van der Waals surface area contributed by atoms with Gasteiger partial charge in [0.15, 0.2) is 5.78 Å². The van der Waals surface area contributed by atoms with E-state index in [2.05, 4.69) is 6.92 Å². The molecule has 0 aromatic heterocycles. The molecule has 45 heavy (non-hydrogen) atoms. The van der Waals surface area contributed by atoms with Gasteiger partial charge in [-0.1, -0.05) is 71.1 Å². The molecular formula is C32H58O13. The summed E-state index contributed by atoms with van der Waals surface area (Å²) in [6, 6.07) is 0. The van der Waals surface area contributed by atoms with E-state index in [-0.39, 0.29) is 25.7 Å². The third-order valence-corrected chi connectivity index (χ3v) is 9.54. The number of aliphatic hydroxyl groups excluding tert-OH is 8. The molecule has 0 radical (unpaired) electrons. The van der Waals surface area contributed by atoms with Crippen LogP contribution < -0.4 is 0 Å². The lowest BCUT2D eigenvalue weighted by atomic mass is 9.73. The molecule has 2 saturated heterocycles. The highest BCUT2D eigenvalue weighted by molar-refractivity contribution is 5.99. The van der Waals surface area contributed by atoms with Crippen LogP contribution in [-0.2, 0) is 19.1 Å². The van der Waals surface area contributed by atoms with E-state index in [9.17, 15) is 55.5 Å². The van der Waals surface area contributed by atoms with Crippen molar-refractivity contribution in [1.29, 1.82) is 0 Å². The fraction of sp³-hybridized carbons (Fsp3) is 0.938. The quantitative estimate of drug-likeness (QED) is 0.0648. The highest BCUT2D eigenvalue weighted by Crippen LogP contribution is 2.42. The van der Waals surface area contributed by atoms with Crippen LogP contribution in [0.5, 0.6) is 0 Å². The third-order valence-electron chi connectivity index (χ3n) is 9.54. The molecule has 0 aliphatic carbocycles. The molecule has 0 amide bonds. The van der Waals surface area contributed by atoms with E-state index in [1.807, 2.05) is 0 Å². The first-order valence-corrected chi connectivity index (χ1v) is 16.7. The fourth-order valence-electron chi connectivity index (χ4n) is 6.69. The van der Waals surface area contributed by atoms with Crippen molar-refractivity contribution in [2.75, 3.05) is 0 Å². The monoisotopic (exact) mass is 650 g/mol. The van der Waals surface area contributed by atoms with E-state index < -0.39 is 90.4 Å². The van der Waals surface area contributed by atoms with E-state index in [0.717, 1.165) is 25.7 Å².